The van der Waals surface area contributed by atoms with Crippen molar-refractivity contribution in [2.24, 2.45) is 5.10 Å². The number of carbonyl (C=O) groups is 1. The van der Waals surface area contributed by atoms with Crippen molar-refractivity contribution in [1.29, 1.82) is 0 Å². The van der Waals surface area contributed by atoms with Crippen molar-refractivity contribution in [3.63, 3.8) is 0 Å². The summed E-state index contributed by atoms with van der Waals surface area (Å²) >= 11 is 1.55. The third kappa shape index (κ3) is 3.04. The van der Waals surface area contributed by atoms with Crippen molar-refractivity contribution in [2.75, 3.05) is 0 Å². The average molecular weight is 326 g/mol. The van der Waals surface area contributed by atoms with Crippen LogP contribution in [0.25, 0.3) is 10.8 Å². The molecule has 7 heteroatoms. The molecule has 0 unspecified atom stereocenters. The second-order valence-corrected chi connectivity index (χ2v) is 5.55. The number of hydrazone groups is 1. The van der Waals surface area contributed by atoms with E-state index < -0.39 is 5.91 Å². The first-order valence-electron chi connectivity index (χ1n) is 7.06. The first kappa shape index (κ1) is 15.1. The Morgan fingerprint density at radius 1 is 1.35 bits per heavy atom. The highest BCUT2D eigenvalue weighted by molar-refractivity contribution is 7.08. The van der Waals surface area contributed by atoms with Crippen molar-refractivity contribution in [1.82, 2.24) is 15.2 Å². The minimum absolute atomic E-state index is 0.185. The summed E-state index contributed by atoms with van der Waals surface area (Å²) in [5, 5.41) is 12.9. The second kappa shape index (κ2) is 6.53. The summed E-state index contributed by atoms with van der Waals surface area (Å²) in [6, 6.07) is 8.83. The van der Waals surface area contributed by atoms with Crippen LogP contribution in [0.15, 0.2) is 51.0 Å². The number of rotatable bonds is 4. The smallest absolute Gasteiger partial charge is 0.267 e. The van der Waals surface area contributed by atoms with Crippen molar-refractivity contribution >= 4 is 34.2 Å². The molecule has 0 aliphatic heterocycles. The van der Waals surface area contributed by atoms with Crippen molar-refractivity contribution in [2.45, 2.75) is 13.5 Å². The molecular formula is C16H14N4O2S. The zero-order valence-corrected chi connectivity index (χ0v) is 13.2. The van der Waals surface area contributed by atoms with Crippen LogP contribution < -0.4 is 11.0 Å². The summed E-state index contributed by atoms with van der Waals surface area (Å²) in [7, 11) is 0. The van der Waals surface area contributed by atoms with E-state index in [1.54, 1.807) is 48.7 Å². The van der Waals surface area contributed by atoms with Crippen LogP contribution in [-0.2, 0) is 6.54 Å². The molecule has 1 aromatic carbocycles. The van der Waals surface area contributed by atoms with Crippen LogP contribution in [0.3, 0.4) is 0 Å². The molecule has 0 radical (unpaired) electrons. The van der Waals surface area contributed by atoms with E-state index in [0.29, 0.717) is 17.3 Å². The largest absolute Gasteiger partial charge is 0.292 e. The molecule has 0 saturated carbocycles. The van der Waals surface area contributed by atoms with E-state index in [1.165, 1.54) is 4.68 Å². The molecule has 6 nitrogen and oxygen atoms in total. The lowest BCUT2D eigenvalue weighted by molar-refractivity contribution is 0.0949. The molecular weight excluding hydrogens is 312 g/mol. The summed E-state index contributed by atoms with van der Waals surface area (Å²) in [6.45, 7) is 2.20. The van der Waals surface area contributed by atoms with Gasteiger partial charge in [-0.25, -0.2) is 10.1 Å². The fraction of sp³-hybridized carbons (Fsp3) is 0.125. The maximum atomic E-state index is 12.4. The molecule has 116 valence electrons. The SMILES string of the molecule is CCn1nc(C(=O)N/N=C\c2ccsc2)c2ccccc2c1=O. The van der Waals surface area contributed by atoms with E-state index in [2.05, 4.69) is 15.6 Å². The lowest BCUT2D eigenvalue weighted by atomic mass is 10.1. The quantitative estimate of drug-likeness (QED) is 0.590. The van der Waals surface area contributed by atoms with E-state index in [0.717, 1.165) is 5.56 Å². The molecule has 0 fully saturated rings. The van der Waals surface area contributed by atoms with E-state index in [9.17, 15) is 9.59 Å². The summed E-state index contributed by atoms with van der Waals surface area (Å²) in [5.41, 5.74) is 3.34. The summed E-state index contributed by atoms with van der Waals surface area (Å²) in [6.07, 6.45) is 1.56. The second-order valence-electron chi connectivity index (χ2n) is 4.77. The molecule has 23 heavy (non-hydrogen) atoms. The highest BCUT2D eigenvalue weighted by Gasteiger charge is 2.15. The summed E-state index contributed by atoms with van der Waals surface area (Å²) < 4.78 is 1.28. The number of nitrogens with zero attached hydrogens (tertiary/aromatic N) is 3. The number of nitrogens with one attached hydrogen (secondary N) is 1. The number of benzene rings is 1. The van der Waals surface area contributed by atoms with Gasteiger partial charge >= 0.3 is 0 Å². The van der Waals surface area contributed by atoms with Gasteiger partial charge in [-0.2, -0.15) is 21.5 Å². The van der Waals surface area contributed by atoms with Gasteiger partial charge < -0.3 is 0 Å². The number of aromatic nitrogens is 2. The van der Waals surface area contributed by atoms with Crippen LogP contribution in [0.4, 0.5) is 0 Å². The van der Waals surface area contributed by atoms with Crippen LogP contribution in [0.5, 0.6) is 0 Å². The minimum atomic E-state index is -0.449. The highest BCUT2D eigenvalue weighted by atomic mass is 32.1. The Balaban J connectivity index is 1.97. The third-order valence-corrected chi connectivity index (χ3v) is 4.01. The lowest BCUT2D eigenvalue weighted by Crippen LogP contribution is -2.28. The van der Waals surface area contributed by atoms with E-state index in [-0.39, 0.29) is 11.3 Å². The third-order valence-electron chi connectivity index (χ3n) is 3.31. The van der Waals surface area contributed by atoms with Crippen LogP contribution in [0.1, 0.15) is 23.0 Å². The van der Waals surface area contributed by atoms with Crippen molar-refractivity contribution in [3.05, 3.63) is 62.7 Å². The number of amides is 1. The van der Waals surface area contributed by atoms with E-state index >= 15 is 0 Å². The number of carbonyl (C=O) groups excluding carboxylic acids is 1. The molecule has 0 bridgehead atoms. The topological polar surface area (TPSA) is 76.3 Å². The fourth-order valence-corrected chi connectivity index (χ4v) is 2.79. The van der Waals surface area contributed by atoms with Gasteiger partial charge in [-0.15, -0.1) is 0 Å². The van der Waals surface area contributed by atoms with Gasteiger partial charge in [-0.05, 0) is 29.8 Å². The lowest BCUT2D eigenvalue weighted by Gasteiger charge is -2.08. The van der Waals surface area contributed by atoms with Gasteiger partial charge in [0.15, 0.2) is 5.69 Å². The van der Waals surface area contributed by atoms with Crippen molar-refractivity contribution < 1.29 is 4.79 Å². The molecule has 3 aromatic rings. The zero-order valence-electron chi connectivity index (χ0n) is 12.4. The number of hydrogen-bond acceptors (Lipinski definition) is 5. The Bertz CT molecular complexity index is 929. The number of fused-ring (bicyclic) bond motifs is 1. The predicted octanol–water partition coefficient (Wildman–Crippen LogP) is 2.24. The first-order chi connectivity index (χ1) is 11.2. The molecule has 2 aromatic heterocycles. The Kier molecular flexibility index (Phi) is 4.29. The zero-order chi connectivity index (χ0) is 16.2. The van der Waals surface area contributed by atoms with Gasteiger partial charge in [0.25, 0.3) is 11.5 Å². The van der Waals surface area contributed by atoms with Gasteiger partial charge in [-0.1, -0.05) is 18.2 Å². The summed E-state index contributed by atoms with van der Waals surface area (Å²) in [4.78, 5) is 24.6. The molecule has 1 amide bonds. The van der Waals surface area contributed by atoms with Crippen LogP contribution in [0.2, 0.25) is 0 Å². The molecule has 0 atom stereocenters. The van der Waals surface area contributed by atoms with Crippen LogP contribution in [-0.4, -0.2) is 21.9 Å². The van der Waals surface area contributed by atoms with Crippen LogP contribution in [0, 0.1) is 0 Å². The minimum Gasteiger partial charge on any atom is -0.267 e. The van der Waals surface area contributed by atoms with Gasteiger partial charge in [-0.3, -0.25) is 9.59 Å². The maximum absolute atomic E-state index is 12.4. The number of hydrogen-bond donors (Lipinski definition) is 1. The molecule has 1 N–H and O–H groups in total. The van der Waals surface area contributed by atoms with E-state index in [4.69, 9.17) is 0 Å². The molecule has 0 saturated heterocycles. The van der Waals surface area contributed by atoms with Crippen LogP contribution >= 0.6 is 11.3 Å². The molecule has 0 spiro atoms. The molecule has 2 heterocycles. The Hall–Kier alpha value is -2.80. The monoisotopic (exact) mass is 326 g/mol. The van der Waals surface area contributed by atoms with Gasteiger partial charge in [0, 0.05) is 17.5 Å². The Morgan fingerprint density at radius 2 is 2.13 bits per heavy atom. The van der Waals surface area contributed by atoms with Gasteiger partial charge in [0.05, 0.1) is 11.6 Å². The highest BCUT2D eigenvalue weighted by Crippen LogP contribution is 2.13. The maximum Gasteiger partial charge on any atom is 0.292 e. The Morgan fingerprint density at radius 3 is 2.83 bits per heavy atom. The van der Waals surface area contributed by atoms with Crippen molar-refractivity contribution in [3.8, 4) is 0 Å². The standard InChI is InChI=1S/C16H14N4O2S/c1-2-20-16(22)13-6-4-3-5-12(13)14(19-20)15(21)18-17-9-11-7-8-23-10-11/h3-10H,2H2,1H3,(H,18,21)/b17-9-. The van der Waals surface area contributed by atoms with E-state index in [1.807, 2.05) is 16.8 Å². The average Bonchev–Trinajstić information content (AvgIpc) is 3.09. The molecule has 0 aliphatic rings. The normalized spacial score (nSPS) is 11.2. The number of aryl methyl sites for hydroxylation is 1. The van der Waals surface area contributed by atoms with Gasteiger partial charge in [0.2, 0.25) is 0 Å². The summed E-state index contributed by atoms with van der Waals surface area (Å²) in [5.74, 6) is -0.449. The first-order valence-corrected chi connectivity index (χ1v) is 8.00. The Labute approximate surface area is 136 Å². The van der Waals surface area contributed by atoms with Gasteiger partial charge in [0.1, 0.15) is 0 Å². The fourth-order valence-electron chi connectivity index (χ4n) is 2.18. The predicted molar refractivity (Wildman–Crippen MR) is 91.1 cm³/mol. The molecule has 0 aliphatic carbocycles. The number of thiophene rings is 1. The molecule has 3 rings (SSSR count).